The number of hydrogen-bond acceptors (Lipinski definition) is 4. The number of hydrogen-bond donors (Lipinski definition) is 1. The van der Waals surface area contributed by atoms with E-state index in [0.29, 0.717) is 0 Å². The lowest BCUT2D eigenvalue weighted by molar-refractivity contribution is -0.160. The Morgan fingerprint density at radius 1 is 1.20 bits per heavy atom. The van der Waals surface area contributed by atoms with Crippen molar-refractivity contribution in [1.29, 1.82) is 0 Å². The normalized spacial score (nSPS) is 25.5. The van der Waals surface area contributed by atoms with Crippen molar-refractivity contribution in [2.24, 2.45) is 29.1 Å². The van der Waals surface area contributed by atoms with Gasteiger partial charge in [0.05, 0.1) is 11.8 Å². The summed E-state index contributed by atoms with van der Waals surface area (Å²) in [5, 5.41) is 9.00. The van der Waals surface area contributed by atoms with Gasteiger partial charge in [0.1, 0.15) is 0 Å². The van der Waals surface area contributed by atoms with Gasteiger partial charge in [0.15, 0.2) is 0 Å². The SMILES string of the molecule is CC(C)C(C)C(=O)OC(=O)/C=C\[C@H]1[C@@H](C(=O)O)C1(C)C. The van der Waals surface area contributed by atoms with Gasteiger partial charge in [-0.25, -0.2) is 4.79 Å². The summed E-state index contributed by atoms with van der Waals surface area (Å²) < 4.78 is 4.70. The Bertz CT molecular complexity index is 447. The van der Waals surface area contributed by atoms with Crippen molar-refractivity contribution in [3.05, 3.63) is 12.2 Å². The lowest BCUT2D eigenvalue weighted by Crippen LogP contribution is -2.22. The Kier molecular flexibility index (Phi) is 4.73. The summed E-state index contributed by atoms with van der Waals surface area (Å²) in [6.07, 6.45) is 2.68. The van der Waals surface area contributed by atoms with Gasteiger partial charge in [0.25, 0.3) is 0 Å². The number of esters is 2. The summed E-state index contributed by atoms with van der Waals surface area (Å²) in [5.41, 5.74) is -0.363. The molecule has 5 heteroatoms. The molecular weight excluding hydrogens is 260 g/mol. The highest BCUT2D eigenvalue weighted by atomic mass is 16.6. The van der Waals surface area contributed by atoms with E-state index in [1.54, 1.807) is 6.92 Å². The third-order valence-corrected chi connectivity index (χ3v) is 4.19. The molecule has 0 aromatic heterocycles. The van der Waals surface area contributed by atoms with E-state index in [1.807, 2.05) is 27.7 Å². The van der Waals surface area contributed by atoms with Gasteiger partial charge in [-0.2, -0.15) is 0 Å². The maximum atomic E-state index is 11.6. The van der Waals surface area contributed by atoms with Gasteiger partial charge in [-0.3, -0.25) is 9.59 Å². The number of carboxylic acid groups (broad SMARTS) is 1. The molecule has 0 radical (unpaired) electrons. The topological polar surface area (TPSA) is 80.7 Å². The fourth-order valence-electron chi connectivity index (χ4n) is 2.19. The molecule has 1 aliphatic carbocycles. The van der Waals surface area contributed by atoms with Crippen molar-refractivity contribution in [3.63, 3.8) is 0 Å². The molecule has 1 saturated carbocycles. The van der Waals surface area contributed by atoms with E-state index in [9.17, 15) is 14.4 Å². The molecule has 5 nitrogen and oxygen atoms in total. The minimum absolute atomic E-state index is 0.0954. The lowest BCUT2D eigenvalue weighted by atomic mass is 9.99. The Morgan fingerprint density at radius 2 is 1.75 bits per heavy atom. The summed E-state index contributed by atoms with van der Waals surface area (Å²) in [4.78, 5) is 34.1. The Labute approximate surface area is 119 Å². The second-order valence-electron chi connectivity index (χ2n) is 6.30. The van der Waals surface area contributed by atoms with Gasteiger partial charge >= 0.3 is 17.9 Å². The van der Waals surface area contributed by atoms with Gasteiger partial charge in [-0.15, -0.1) is 0 Å². The molecular formula is C15H22O5. The van der Waals surface area contributed by atoms with Gasteiger partial charge < -0.3 is 9.84 Å². The third kappa shape index (κ3) is 3.46. The van der Waals surface area contributed by atoms with Crippen LogP contribution in [0.5, 0.6) is 0 Å². The number of aliphatic carboxylic acids is 1. The molecule has 0 aromatic carbocycles. The Morgan fingerprint density at radius 3 is 2.15 bits per heavy atom. The van der Waals surface area contributed by atoms with E-state index in [0.717, 1.165) is 6.08 Å². The number of rotatable bonds is 5. The van der Waals surface area contributed by atoms with Crippen molar-refractivity contribution in [1.82, 2.24) is 0 Å². The number of carbonyl (C=O) groups excluding carboxylic acids is 2. The van der Waals surface area contributed by atoms with E-state index < -0.39 is 23.8 Å². The number of carbonyl (C=O) groups is 3. The summed E-state index contributed by atoms with van der Waals surface area (Å²) in [5.74, 6) is -3.12. The first-order valence-corrected chi connectivity index (χ1v) is 6.75. The van der Waals surface area contributed by atoms with Crippen LogP contribution in [0.1, 0.15) is 34.6 Å². The van der Waals surface area contributed by atoms with Crippen LogP contribution in [-0.4, -0.2) is 23.0 Å². The van der Waals surface area contributed by atoms with Crippen molar-refractivity contribution in [2.75, 3.05) is 0 Å². The van der Waals surface area contributed by atoms with Crippen LogP contribution < -0.4 is 0 Å². The van der Waals surface area contributed by atoms with Crippen LogP contribution in [0.2, 0.25) is 0 Å². The maximum absolute atomic E-state index is 11.6. The summed E-state index contributed by atoms with van der Waals surface area (Å²) in [6, 6.07) is 0. The van der Waals surface area contributed by atoms with Crippen LogP contribution >= 0.6 is 0 Å². The van der Waals surface area contributed by atoms with E-state index >= 15 is 0 Å². The maximum Gasteiger partial charge on any atom is 0.338 e. The minimum atomic E-state index is -0.873. The lowest BCUT2D eigenvalue weighted by Gasteiger charge is -2.12. The molecule has 3 atom stereocenters. The second kappa shape index (κ2) is 5.77. The zero-order chi connectivity index (χ0) is 15.7. The second-order valence-corrected chi connectivity index (χ2v) is 6.30. The first kappa shape index (κ1) is 16.4. The number of carboxylic acids is 1. The van der Waals surface area contributed by atoms with E-state index in [4.69, 9.17) is 9.84 Å². The summed E-state index contributed by atoms with van der Waals surface area (Å²) in [7, 11) is 0. The molecule has 0 aliphatic heterocycles. The fourth-order valence-corrected chi connectivity index (χ4v) is 2.19. The van der Waals surface area contributed by atoms with Crippen molar-refractivity contribution >= 4 is 17.9 Å². The zero-order valence-electron chi connectivity index (χ0n) is 12.5. The Balaban J connectivity index is 2.54. The number of ether oxygens (including phenoxy) is 1. The molecule has 112 valence electrons. The van der Waals surface area contributed by atoms with Crippen LogP contribution in [-0.2, 0) is 19.1 Å². The van der Waals surface area contributed by atoms with Crippen molar-refractivity contribution < 1.29 is 24.2 Å². The molecule has 1 unspecified atom stereocenters. The van der Waals surface area contributed by atoms with Crippen LogP contribution in [0, 0.1) is 29.1 Å². The molecule has 1 rings (SSSR count). The van der Waals surface area contributed by atoms with Crippen LogP contribution in [0.4, 0.5) is 0 Å². The van der Waals surface area contributed by atoms with Crippen LogP contribution in [0.15, 0.2) is 12.2 Å². The molecule has 1 aliphatic rings. The predicted octanol–water partition coefficient (Wildman–Crippen LogP) is 2.26. The molecule has 0 spiro atoms. The van der Waals surface area contributed by atoms with Crippen molar-refractivity contribution in [3.8, 4) is 0 Å². The molecule has 0 heterocycles. The van der Waals surface area contributed by atoms with E-state index in [-0.39, 0.29) is 23.2 Å². The average molecular weight is 282 g/mol. The van der Waals surface area contributed by atoms with Gasteiger partial charge in [0, 0.05) is 6.08 Å². The highest BCUT2D eigenvalue weighted by Crippen LogP contribution is 2.59. The standard InChI is InChI=1S/C15H22O5/c1-8(2)9(3)14(19)20-11(16)7-6-10-12(13(17)18)15(10,4)5/h6-10,12H,1-5H3,(H,17,18)/b7-6-/t9?,10-,12-/m0/s1. The molecule has 1 fully saturated rings. The largest absolute Gasteiger partial charge is 0.481 e. The van der Waals surface area contributed by atoms with Gasteiger partial charge in [0.2, 0.25) is 0 Å². The zero-order valence-corrected chi connectivity index (χ0v) is 12.5. The monoisotopic (exact) mass is 282 g/mol. The molecule has 0 aromatic rings. The summed E-state index contributed by atoms with van der Waals surface area (Å²) >= 11 is 0. The smallest absolute Gasteiger partial charge is 0.338 e. The fraction of sp³-hybridized carbons (Fsp3) is 0.667. The number of allylic oxidation sites excluding steroid dienone is 1. The molecule has 0 saturated heterocycles. The highest BCUT2D eigenvalue weighted by Gasteiger charge is 2.60. The van der Waals surface area contributed by atoms with Crippen LogP contribution in [0.25, 0.3) is 0 Å². The van der Waals surface area contributed by atoms with Crippen LogP contribution in [0.3, 0.4) is 0 Å². The Hall–Kier alpha value is -1.65. The first-order chi connectivity index (χ1) is 9.09. The van der Waals surface area contributed by atoms with E-state index in [2.05, 4.69) is 0 Å². The average Bonchev–Trinajstić information content (AvgIpc) is 2.87. The van der Waals surface area contributed by atoms with Gasteiger partial charge in [-0.1, -0.05) is 40.7 Å². The van der Waals surface area contributed by atoms with Gasteiger partial charge in [-0.05, 0) is 17.3 Å². The summed E-state index contributed by atoms with van der Waals surface area (Å²) in [6.45, 7) is 9.11. The van der Waals surface area contributed by atoms with E-state index in [1.165, 1.54) is 6.08 Å². The quantitative estimate of drug-likeness (QED) is 0.475. The van der Waals surface area contributed by atoms with Crippen molar-refractivity contribution in [2.45, 2.75) is 34.6 Å². The first-order valence-electron chi connectivity index (χ1n) is 6.75. The molecule has 0 amide bonds. The predicted molar refractivity (Wildman–Crippen MR) is 72.6 cm³/mol. The third-order valence-electron chi connectivity index (χ3n) is 4.19. The molecule has 1 N–H and O–H groups in total. The molecule has 20 heavy (non-hydrogen) atoms. The minimum Gasteiger partial charge on any atom is -0.481 e. The highest BCUT2D eigenvalue weighted by molar-refractivity contribution is 5.93. The molecule has 0 bridgehead atoms.